The molecule has 0 aliphatic rings. The molecule has 1 aromatic carbocycles. The molecule has 2 N–H and O–H groups in total. The number of rotatable bonds is 7. The molecule has 0 bridgehead atoms. The van der Waals surface area contributed by atoms with Crippen LogP contribution in [0.5, 0.6) is 5.75 Å². The summed E-state index contributed by atoms with van der Waals surface area (Å²) in [5, 5.41) is 2.91. The third kappa shape index (κ3) is 5.57. The molecule has 13 heteroatoms. The van der Waals surface area contributed by atoms with E-state index in [1.54, 1.807) is 5.32 Å². The molecule has 0 saturated carbocycles. The van der Waals surface area contributed by atoms with Crippen molar-refractivity contribution in [2.24, 2.45) is 0 Å². The van der Waals surface area contributed by atoms with Crippen LogP contribution in [0.25, 0.3) is 0 Å². The summed E-state index contributed by atoms with van der Waals surface area (Å²) >= 11 is 0. The first-order valence-electron chi connectivity index (χ1n) is 8.04. The molecular weight excluding hydrogens is 414 g/mol. The van der Waals surface area contributed by atoms with Gasteiger partial charge in [0.05, 0.1) is 31.6 Å². The van der Waals surface area contributed by atoms with E-state index in [9.17, 15) is 35.9 Å². The number of carbonyl (C=O) groups excluding carboxylic acids is 2. The molecule has 7 nitrogen and oxygen atoms in total. The number of hydrogen-bond donors (Lipinski definition) is 2. The lowest BCUT2D eigenvalue weighted by atomic mass is 10.1. The van der Waals surface area contributed by atoms with Gasteiger partial charge in [0.2, 0.25) is 0 Å². The number of alkyl halides is 6. The standard InChI is InChI=1S/C16H18F6N2O5/c1-4-28-12(25)14(16(20,21)22,24-13(26)29-5-2)23-10-8-9(15(17,18)19)6-7-11(10)27-3/h6-8,23H,4-5H2,1-3H3,(H,24,26)/t14-/m0/s1. The SMILES string of the molecule is CCOC(=O)N[C@@](Nc1cc(C(F)(F)F)ccc1OC)(C(=O)OCC)C(F)(F)F. The number of benzene rings is 1. The summed E-state index contributed by atoms with van der Waals surface area (Å²) in [6.45, 7) is 1.65. The molecule has 29 heavy (non-hydrogen) atoms. The van der Waals surface area contributed by atoms with E-state index in [0.717, 1.165) is 13.2 Å². The van der Waals surface area contributed by atoms with Crippen LogP contribution < -0.4 is 15.4 Å². The van der Waals surface area contributed by atoms with Gasteiger partial charge in [-0.15, -0.1) is 0 Å². The fourth-order valence-electron chi connectivity index (χ4n) is 2.13. The van der Waals surface area contributed by atoms with Crippen molar-refractivity contribution in [1.29, 1.82) is 0 Å². The second kappa shape index (κ2) is 9.09. The third-order valence-electron chi connectivity index (χ3n) is 3.42. The highest BCUT2D eigenvalue weighted by Crippen LogP contribution is 2.39. The van der Waals surface area contributed by atoms with Gasteiger partial charge in [-0.3, -0.25) is 5.32 Å². The minimum absolute atomic E-state index is 0.297. The highest BCUT2D eigenvalue weighted by molar-refractivity contribution is 5.90. The maximum absolute atomic E-state index is 13.9. The van der Waals surface area contributed by atoms with Crippen molar-refractivity contribution < 1.29 is 50.1 Å². The molecule has 1 amide bonds. The number of alkyl carbamates (subject to hydrolysis) is 1. The fraction of sp³-hybridized carbons (Fsp3) is 0.500. The Hall–Kier alpha value is -2.86. The van der Waals surface area contributed by atoms with Crippen LogP contribution in [0.3, 0.4) is 0 Å². The van der Waals surface area contributed by atoms with E-state index in [-0.39, 0.29) is 6.61 Å². The quantitative estimate of drug-likeness (QED) is 0.388. The van der Waals surface area contributed by atoms with Gasteiger partial charge >= 0.3 is 30.1 Å². The van der Waals surface area contributed by atoms with Crippen LogP contribution in [-0.2, 0) is 20.4 Å². The fourth-order valence-corrected chi connectivity index (χ4v) is 2.13. The van der Waals surface area contributed by atoms with Crippen molar-refractivity contribution in [3.8, 4) is 5.75 Å². The average Bonchev–Trinajstić information content (AvgIpc) is 2.59. The maximum Gasteiger partial charge on any atom is 0.442 e. The lowest BCUT2D eigenvalue weighted by Gasteiger charge is -2.35. The number of hydrogen-bond acceptors (Lipinski definition) is 6. The van der Waals surface area contributed by atoms with Crippen LogP contribution in [0.2, 0.25) is 0 Å². The summed E-state index contributed by atoms with van der Waals surface area (Å²) in [7, 11) is 0.992. The van der Waals surface area contributed by atoms with Gasteiger partial charge in [-0.25, -0.2) is 9.59 Å². The molecule has 0 saturated heterocycles. The molecule has 0 spiro atoms. The zero-order valence-electron chi connectivity index (χ0n) is 15.5. The van der Waals surface area contributed by atoms with Crippen LogP contribution >= 0.6 is 0 Å². The van der Waals surface area contributed by atoms with E-state index >= 15 is 0 Å². The molecular formula is C16H18F6N2O5. The summed E-state index contributed by atoms with van der Waals surface area (Å²) in [5.41, 5.74) is -6.14. The average molecular weight is 432 g/mol. The van der Waals surface area contributed by atoms with Crippen LogP contribution in [0.4, 0.5) is 36.8 Å². The van der Waals surface area contributed by atoms with Crippen LogP contribution in [0.1, 0.15) is 19.4 Å². The predicted molar refractivity (Wildman–Crippen MR) is 87.2 cm³/mol. The maximum atomic E-state index is 13.9. The molecule has 0 aliphatic carbocycles. The number of methoxy groups -OCH3 is 1. The Labute approximate surface area is 161 Å². The molecule has 164 valence electrons. The first-order valence-corrected chi connectivity index (χ1v) is 8.04. The Morgan fingerprint density at radius 3 is 2.03 bits per heavy atom. The van der Waals surface area contributed by atoms with E-state index < -0.39 is 53.7 Å². The normalized spacial score (nSPS) is 13.8. The first-order chi connectivity index (χ1) is 13.3. The Balaban J connectivity index is 3.62. The predicted octanol–water partition coefficient (Wildman–Crippen LogP) is 3.69. The van der Waals surface area contributed by atoms with E-state index in [2.05, 4.69) is 9.47 Å². The number of ether oxygens (including phenoxy) is 3. The van der Waals surface area contributed by atoms with Crippen LogP contribution in [0.15, 0.2) is 18.2 Å². The van der Waals surface area contributed by atoms with Gasteiger partial charge in [0.1, 0.15) is 5.75 Å². The van der Waals surface area contributed by atoms with Crippen LogP contribution in [0, 0.1) is 0 Å². The highest BCUT2D eigenvalue weighted by Gasteiger charge is 2.64. The second-order valence-electron chi connectivity index (χ2n) is 5.35. The summed E-state index contributed by atoms with van der Waals surface area (Å²) in [4.78, 5) is 23.9. The highest BCUT2D eigenvalue weighted by atomic mass is 19.4. The molecule has 0 aromatic heterocycles. The smallest absolute Gasteiger partial charge is 0.442 e. The monoisotopic (exact) mass is 432 g/mol. The largest absolute Gasteiger partial charge is 0.495 e. The van der Waals surface area contributed by atoms with Gasteiger partial charge in [0.25, 0.3) is 0 Å². The Bertz CT molecular complexity index is 737. The first kappa shape index (κ1) is 24.2. The molecule has 0 aliphatic heterocycles. The Morgan fingerprint density at radius 2 is 1.59 bits per heavy atom. The Morgan fingerprint density at radius 1 is 1.00 bits per heavy atom. The van der Waals surface area contributed by atoms with Gasteiger partial charge in [0, 0.05) is 0 Å². The summed E-state index contributed by atoms with van der Waals surface area (Å²) in [5.74, 6) is -2.47. The zero-order chi connectivity index (χ0) is 22.5. The van der Waals surface area contributed by atoms with Crippen molar-refractivity contribution in [1.82, 2.24) is 5.32 Å². The Kier molecular flexibility index (Phi) is 7.58. The van der Waals surface area contributed by atoms with Crippen molar-refractivity contribution >= 4 is 17.7 Å². The van der Waals surface area contributed by atoms with E-state index in [0.29, 0.717) is 12.1 Å². The number of halogens is 6. The topological polar surface area (TPSA) is 85.9 Å². The zero-order valence-corrected chi connectivity index (χ0v) is 15.5. The molecule has 1 atom stereocenters. The van der Waals surface area contributed by atoms with E-state index in [4.69, 9.17) is 4.74 Å². The lowest BCUT2D eigenvalue weighted by molar-refractivity contribution is -0.205. The number of nitrogens with one attached hydrogen (secondary N) is 2. The summed E-state index contributed by atoms with van der Waals surface area (Å²) in [6, 6.07) is 1.62. The van der Waals surface area contributed by atoms with Crippen LogP contribution in [-0.4, -0.2) is 44.2 Å². The number of carbonyl (C=O) groups is 2. The lowest BCUT2D eigenvalue weighted by Crippen LogP contribution is -2.69. The molecule has 0 heterocycles. The van der Waals surface area contributed by atoms with Gasteiger partial charge in [-0.05, 0) is 32.0 Å². The molecule has 0 unspecified atom stereocenters. The van der Waals surface area contributed by atoms with Crippen molar-refractivity contribution in [2.75, 3.05) is 25.6 Å². The van der Waals surface area contributed by atoms with Gasteiger partial charge in [0.15, 0.2) is 0 Å². The van der Waals surface area contributed by atoms with Gasteiger partial charge < -0.3 is 19.5 Å². The van der Waals surface area contributed by atoms with Gasteiger partial charge in [-0.2, -0.15) is 26.3 Å². The van der Waals surface area contributed by atoms with Gasteiger partial charge in [-0.1, -0.05) is 0 Å². The van der Waals surface area contributed by atoms with E-state index in [1.807, 2.05) is 0 Å². The van der Waals surface area contributed by atoms with E-state index in [1.165, 1.54) is 19.2 Å². The minimum Gasteiger partial charge on any atom is -0.495 e. The molecule has 1 rings (SSSR count). The van der Waals surface area contributed by atoms with Crippen molar-refractivity contribution in [3.05, 3.63) is 23.8 Å². The summed E-state index contributed by atoms with van der Waals surface area (Å²) < 4.78 is 94.2. The number of anilines is 1. The molecule has 0 radical (unpaired) electrons. The third-order valence-corrected chi connectivity index (χ3v) is 3.42. The van der Waals surface area contributed by atoms with Crippen molar-refractivity contribution in [3.63, 3.8) is 0 Å². The second-order valence-corrected chi connectivity index (χ2v) is 5.35. The summed E-state index contributed by atoms with van der Waals surface area (Å²) in [6.07, 6.45) is -12.1. The minimum atomic E-state index is -5.55. The number of esters is 1. The molecule has 0 fully saturated rings. The number of amides is 1. The van der Waals surface area contributed by atoms with Crippen molar-refractivity contribution in [2.45, 2.75) is 31.9 Å². The molecule has 1 aromatic rings.